The first kappa shape index (κ1) is 11.6. The van der Waals surface area contributed by atoms with Gasteiger partial charge in [0.1, 0.15) is 4.60 Å². The van der Waals surface area contributed by atoms with Gasteiger partial charge in [-0.15, -0.1) is 11.3 Å². The number of aromatic nitrogens is 1. The number of nitrogens with zero attached hydrogens (tertiary/aromatic N) is 1. The molecule has 1 fully saturated rings. The molecule has 1 atom stereocenters. The van der Waals surface area contributed by atoms with Gasteiger partial charge < -0.3 is 5.11 Å². The second-order valence-corrected chi connectivity index (χ2v) is 5.90. The maximum Gasteiger partial charge on any atom is 0.122 e. The molecule has 0 aliphatic heterocycles. The van der Waals surface area contributed by atoms with Crippen molar-refractivity contribution < 1.29 is 5.11 Å². The van der Waals surface area contributed by atoms with Crippen LogP contribution in [0.5, 0.6) is 0 Å². The lowest BCUT2D eigenvalue weighted by Gasteiger charge is -2.23. The maximum atomic E-state index is 10.1. The van der Waals surface area contributed by atoms with E-state index in [0.717, 1.165) is 15.9 Å². The summed E-state index contributed by atoms with van der Waals surface area (Å²) in [5, 5.41) is 10.1. The highest BCUT2D eigenvalue weighted by atomic mass is 79.9. The van der Waals surface area contributed by atoms with E-state index in [0.29, 0.717) is 5.92 Å². The Labute approximate surface area is 103 Å². The Morgan fingerprint density at radius 1 is 1.47 bits per heavy atom. The quantitative estimate of drug-likeness (QED) is 0.915. The van der Waals surface area contributed by atoms with Crippen LogP contribution in [-0.4, -0.2) is 10.1 Å². The zero-order valence-electron chi connectivity index (χ0n) is 8.66. The highest BCUT2D eigenvalue weighted by Crippen LogP contribution is 2.35. The molecule has 0 aromatic carbocycles. The minimum Gasteiger partial charge on any atom is -0.387 e. The zero-order valence-corrected chi connectivity index (χ0v) is 11.1. The van der Waals surface area contributed by atoms with Gasteiger partial charge in [0.25, 0.3) is 0 Å². The normalized spacial score (nSPS) is 20.4. The molecule has 1 aliphatic carbocycles. The second-order valence-electron chi connectivity index (χ2n) is 4.26. The predicted octanol–water partition coefficient (Wildman–Crippen LogP) is 3.91. The van der Waals surface area contributed by atoms with Crippen LogP contribution >= 0.6 is 27.3 Å². The third-order valence-electron chi connectivity index (χ3n) is 3.13. The van der Waals surface area contributed by atoms with Crippen LogP contribution in [0.4, 0.5) is 0 Å². The summed E-state index contributed by atoms with van der Waals surface area (Å²) in [5.41, 5.74) is 1.78. The van der Waals surface area contributed by atoms with Gasteiger partial charge in [0, 0.05) is 0 Å². The van der Waals surface area contributed by atoms with E-state index in [1.54, 1.807) is 5.51 Å². The first-order valence-electron chi connectivity index (χ1n) is 5.54. The van der Waals surface area contributed by atoms with Crippen molar-refractivity contribution in [2.45, 2.75) is 44.6 Å². The van der Waals surface area contributed by atoms with Crippen molar-refractivity contribution in [3.63, 3.8) is 0 Å². The first-order valence-corrected chi connectivity index (χ1v) is 7.21. The third-order valence-corrected chi connectivity index (χ3v) is 4.96. The smallest absolute Gasteiger partial charge is 0.122 e. The SMILES string of the molecule is OC(CC1CCCCC1)c1scnc1Br. The van der Waals surface area contributed by atoms with Gasteiger partial charge in [-0.2, -0.15) is 0 Å². The molecule has 0 bridgehead atoms. The van der Waals surface area contributed by atoms with E-state index in [9.17, 15) is 5.11 Å². The summed E-state index contributed by atoms with van der Waals surface area (Å²) in [6.07, 6.45) is 7.19. The van der Waals surface area contributed by atoms with E-state index in [4.69, 9.17) is 0 Å². The number of hydrogen-bond donors (Lipinski definition) is 1. The molecule has 0 saturated heterocycles. The van der Waals surface area contributed by atoms with Crippen molar-refractivity contribution in [1.29, 1.82) is 0 Å². The van der Waals surface area contributed by atoms with Gasteiger partial charge in [0.2, 0.25) is 0 Å². The van der Waals surface area contributed by atoms with Gasteiger partial charge in [-0.3, -0.25) is 0 Å². The summed E-state index contributed by atoms with van der Waals surface area (Å²) in [7, 11) is 0. The lowest BCUT2D eigenvalue weighted by atomic mass is 9.85. The zero-order chi connectivity index (χ0) is 10.7. The Morgan fingerprint density at radius 2 is 2.20 bits per heavy atom. The number of halogens is 1. The highest BCUT2D eigenvalue weighted by molar-refractivity contribution is 9.10. The fourth-order valence-corrected chi connectivity index (χ4v) is 3.76. The third kappa shape index (κ3) is 3.02. The lowest BCUT2D eigenvalue weighted by Crippen LogP contribution is -2.10. The average molecular weight is 290 g/mol. The molecule has 1 saturated carbocycles. The summed E-state index contributed by atoms with van der Waals surface area (Å²) < 4.78 is 0.816. The van der Waals surface area contributed by atoms with Gasteiger partial charge in [-0.05, 0) is 28.3 Å². The summed E-state index contributed by atoms with van der Waals surface area (Å²) in [4.78, 5) is 5.09. The van der Waals surface area contributed by atoms with Gasteiger partial charge in [0.05, 0.1) is 16.5 Å². The molecule has 0 amide bonds. The van der Waals surface area contributed by atoms with Crippen LogP contribution in [0.15, 0.2) is 10.1 Å². The minimum absolute atomic E-state index is 0.324. The molecule has 0 spiro atoms. The van der Waals surface area contributed by atoms with E-state index < -0.39 is 0 Å². The molecule has 2 rings (SSSR count). The molecule has 1 aliphatic rings. The minimum atomic E-state index is -0.324. The van der Waals surface area contributed by atoms with E-state index in [1.165, 1.54) is 43.4 Å². The maximum absolute atomic E-state index is 10.1. The highest BCUT2D eigenvalue weighted by Gasteiger charge is 2.21. The molecule has 1 unspecified atom stereocenters. The Bertz CT molecular complexity index is 309. The molecule has 1 aromatic heterocycles. The van der Waals surface area contributed by atoms with Crippen molar-refractivity contribution in [1.82, 2.24) is 4.98 Å². The molecule has 2 nitrogen and oxygen atoms in total. The molecule has 15 heavy (non-hydrogen) atoms. The van der Waals surface area contributed by atoms with Gasteiger partial charge >= 0.3 is 0 Å². The number of rotatable bonds is 3. The Kier molecular flexibility index (Phi) is 4.17. The standard InChI is InChI=1S/C11H16BrNOS/c12-11-10(15-7-13-11)9(14)6-8-4-2-1-3-5-8/h7-9,14H,1-6H2. The van der Waals surface area contributed by atoms with E-state index in [1.807, 2.05) is 0 Å². The Morgan fingerprint density at radius 3 is 2.80 bits per heavy atom. The monoisotopic (exact) mass is 289 g/mol. The fourth-order valence-electron chi connectivity index (χ4n) is 2.30. The average Bonchev–Trinajstić information content (AvgIpc) is 2.66. The van der Waals surface area contributed by atoms with Crippen LogP contribution in [0.1, 0.15) is 49.5 Å². The number of aliphatic hydroxyl groups is 1. The molecular weight excluding hydrogens is 274 g/mol. The van der Waals surface area contributed by atoms with Gasteiger partial charge in [-0.25, -0.2) is 4.98 Å². The van der Waals surface area contributed by atoms with Crippen molar-refractivity contribution >= 4 is 27.3 Å². The van der Waals surface area contributed by atoms with Gasteiger partial charge in [-0.1, -0.05) is 32.1 Å². The van der Waals surface area contributed by atoms with Crippen LogP contribution in [0.2, 0.25) is 0 Å². The van der Waals surface area contributed by atoms with Crippen LogP contribution in [-0.2, 0) is 0 Å². The van der Waals surface area contributed by atoms with E-state index >= 15 is 0 Å². The molecule has 1 aromatic rings. The first-order chi connectivity index (χ1) is 7.27. The Hall–Kier alpha value is 0.0700. The fraction of sp³-hybridized carbons (Fsp3) is 0.727. The lowest BCUT2D eigenvalue weighted by molar-refractivity contribution is 0.134. The summed E-state index contributed by atoms with van der Waals surface area (Å²) in [5.74, 6) is 0.711. The van der Waals surface area contributed by atoms with Crippen molar-refractivity contribution in [3.8, 4) is 0 Å². The molecule has 1 N–H and O–H groups in total. The van der Waals surface area contributed by atoms with Crippen molar-refractivity contribution in [2.24, 2.45) is 5.92 Å². The van der Waals surface area contributed by atoms with Crippen LogP contribution in [0.3, 0.4) is 0 Å². The molecule has 0 radical (unpaired) electrons. The van der Waals surface area contributed by atoms with Gasteiger partial charge in [0.15, 0.2) is 0 Å². The predicted molar refractivity (Wildman–Crippen MR) is 66.0 cm³/mol. The molecule has 84 valence electrons. The largest absolute Gasteiger partial charge is 0.387 e. The number of thiazole rings is 1. The van der Waals surface area contributed by atoms with E-state index in [-0.39, 0.29) is 6.10 Å². The number of hydrogen-bond acceptors (Lipinski definition) is 3. The van der Waals surface area contributed by atoms with E-state index in [2.05, 4.69) is 20.9 Å². The summed E-state index contributed by atoms with van der Waals surface area (Å²) >= 11 is 4.91. The topological polar surface area (TPSA) is 33.1 Å². The van der Waals surface area contributed by atoms with Crippen LogP contribution in [0.25, 0.3) is 0 Å². The molecule has 1 heterocycles. The molecular formula is C11H16BrNOS. The van der Waals surface area contributed by atoms with Crippen molar-refractivity contribution in [3.05, 3.63) is 15.0 Å². The summed E-state index contributed by atoms with van der Waals surface area (Å²) in [6, 6.07) is 0. The summed E-state index contributed by atoms with van der Waals surface area (Å²) in [6.45, 7) is 0. The number of aliphatic hydroxyl groups excluding tert-OH is 1. The molecule has 4 heteroatoms. The van der Waals surface area contributed by atoms with Crippen LogP contribution in [0, 0.1) is 5.92 Å². The Balaban J connectivity index is 1.91. The van der Waals surface area contributed by atoms with Crippen molar-refractivity contribution in [2.75, 3.05) is 0 Å². The second kappa shape index (κ2) is 5.41. The van der Waals surface area contributed by atoms with Crippen LogP contribution < -0.4 is 0 Å².